The molecule has 1 aromatic rings. The average Bonchev–Trinajstić information content (AvgIpc) is 2.46. The van der Waals surface area contributed by atoms with Crippen LogP contribution in [0, 0.1) is 0 Å². The van der Waals surface area contributed by atoms with Crippen molar-refractivity contribution in [2.45, 2.75) is 23.8 Å². The largest absolute Gasteiger partial charge is 0.549 e. The summed E-state index contributed by atoms with van der Waals surface area (Å²) >= 11 is 1.16. The summed E-state index contributed by atoms with van der Waals surface area (Å²) in [5.74, 6) is -1.06. The molecule has 0 spiro atoms. The van der Waals surface area contributed by atoms with Crippen LogP contribution in [0.25, 0.3) is 0 Å². The Bertz CT molecular complexity index is 300. The molecule has 1 atom stereocenters. The molecular weight excluding hydrogens is 190 g/mol. The van der Waals surface area contributed by atoms with Gasteiger partial charge in [0.1, 0.15) is 6.33 Å². The molecule has 0 aliphatic heterocycles. The molecule has 0 saturated heterocycles. The summed E-state index contributed by atoms with van der Waals surface area (Å²) in [6, 6.07) is 0. The molecule has 72 valence electrons. The summed E-state index contributed by atoms with van der Waals surface area (Å²) < 4.78 is 1.68. The number of aliphatic carboxylic acids is 1. The van der Waals surface area contributed by atoms with Crippen LogP contribution >= 0.6 is 11.8 Å². The fourth-order valence-corrected chi connectivity index (χ4v) is 1.63. The lowest BCUT2D eigenvalue weighted by Gasteiger charge is -2.13. The Hall–Kier alpha value is -1.04. The van der Waals surface area contributed by atoms with Gasteiger partial charge in [-0.05, 0) is 6.42 Å². The number of hydrogen-bond acceptors (Lipinski definition) is 5. The highest BCUT2D eigenvalue weighted by molar-refractivity contribution is 8.00. The molecule has 0 aromatic carbocycles. The molecule has 0 amide bonds. The topological polar surface area (TPSA) is 70.8 Å². The standard InChI is InChI=1S/C7H11N3O2S/c1-3-5(6(11)12)13-7-9-8-4-10(7)2/h4-5H,3H2,1-2H3,(H,11,12)/p-1/t5-/m0/s1. The van der Waals surface area contributed by atoms with Gasteiger partial charge in [0.05, 0.1) is 11.2 Å². The number of carbonyl (C=O) groups is 1. The number of nitrogens with zero attached hydrogens (tertiary/aromatic N) is 3. The Morgan fingerprint density at radius 1 is 1.85 bits per heavy atom. The molecule has 0 bridgehead atoms. The van der Waals surface area contributed by atoms with Crippen molar-refractivity contribution in [3.05, 3.63) is 6.33 Å². The van der Waals surface area contributed by atoms with Gasteiger partial charge in [0.25, 0.3) is 0 Å². The molecule has 0 unspecified atom stereocenters. The Morgan fingerprint density at radius 3 is 2.92 bits per heavy atom. The summed E-state index contributed by atoms with van der Waals surface area (Å²) in [4.78, 5) is 10.6. The van der Waals surface area contributed by atoms with E-state index in [0.29, 0.717) is 11.6 Å². The van der Waals surface area contributed by atoms with E-state index in [0.717, 1.165) is 11.8 Å². The molecule has 0 aliphatic carbocycles. The average molecular weight is 200 g/mol. The van der Waals surface area contributed by atoms with Crippen LogP contribution in [-0.2, 0) is 11.8 Å². The van der Waals surface area contributed by atoms with Gasteiger partial charge in [0.15, 0.2) is 5.16 Å². The highest BCUT2D eigenvalue weighted by atomic mass is 32.2. The second-order valence-electron chi connectivity index (χ2n) is 2.56. The number of carboxylic acids is 1. The highest BCUT2D eigenvalue weighted by Crippen LogP contribution is 2.21. The van der Waals surface area contributed by atoms with Crippen molar-refractivity contribution < 1.29 is 9.90 Å². The maximum absolute atomic E-state index is 10.6. The summed E-state index contributed by atoms with van der Waals surface area (Å²) in [6.07, 6.45) is 2.05. The SMILES string of the molecule is CC[C@H](Sc1nncn1C)C(=O)[O-]. The zero-order chi connectivity index (χ0) is 9.84. The van der Waals surface area contributed by atoms with Crippen LogP contribution in [0.1, 0.15) is 13.3 Å². The van der Waals surface area contributed by atoms with Crippen LogP contribution < -0.4 is 5.11 Å². The Labute approximate surface area is 80.2 Å². The van der Waals surface area contributed by atoms with Crippen molar-refractivity contribution in [3.63, 3.8) is 0 Å². The van der Waals surface area contributed by atoms with Crippen LogP contribution in [0.2, 0.25) is 0 Å². The van der Waals surface area contributed by atoms with E-state index < -0.39 is 11.2 Å². The first-order valence-corrected chi connectivity index (χ1v) is 4.74. The van der Waals surface area contributed by atoms with Crippen molar-refractivity contribution in [3.8, 4) is 0 Å². The molecule has 5 nitrogen and oxygen atoms in total. The second-order valence-corrected chi connectivity index (χ2v) is 3.73. The van der Waals surface area contributed by atoms with Gasteiger partial charge in [0.2, 0.25) is 0 Å². The maximum atomic E-state index is 10.6. The van der Waals surface area contributed by atoms with Crippen LogP contribution in [0.4, 0.5) is 0 Å². The number of aromatic nitrogens is 3. The number of aryl methyl sites for hydroxylation is 1. The fourth-order valence-electron chi connectivity index (χ4n) is 0.805. The van der Waals surface area contributed by atoms with Crippen molar-refractivity contribution in [1.82, 2.24) is 14.8 Å². The Balaban J connectivity index is 2.67. The van der Waals surface area contributed by atoms with Gasteiger partial charge in [0, 0.05) is 7.05 Å². The third-order valence-corrected chi connectivity index (χ3v) is 2.94. The van der Waals surface area contributed by atoms with Gasteiger partial charge < -0.3 is 14.5 Å². The normalized spacial score (nSPS) is 12.8. The summed E-state index contributed by atoms with van der Waals surface area (Å²) in [5, 5.41) is 18.0. The molecule has 0 saturated carbocycles. The Kier molecular flexibility index (Phi) is 3.30. The van der Waals surface area contributed by atoms with Gasteiger partial charge in [-0.25, -0.2) is 0 Å². The maximum Gasteiger partial charge on any atom is 0.191 e. The van der Waals surface area contributed by atoms with E-state index in [1.807, 2.05) is 0 Å². The summed E-state index contributed by atoms with van der Waals surface area (Å²) in [6.45, 7) is 1.80. The summed E-state index contributed by atoms with van der Waals surface area (Å²) in [7, 11) is 1.77. The predicted molar refractivity (Wildman–Crippen MR) is 45.9 cm³/mol. The molecule has 1 heterocycles. The van der Waals surface area contributed by atoms with Gasteiger partial charge in [-0.15, -0.1) is 10.2 Å². The number of thioether (sulfide) groups is 1. The van der Waals surface area contributed by atoms with Crippen molar-refractivity contribution in [2.75, 3.05) is 0 Å². The zero-order valence-corrected chi connectivity index (χ0v) is 8.24. The van der Waals surface area contributed by atoms with Gasteiger partial charge in [-0.2, -0.15) is 0 Å². The minimum absolute atomic E-state index is 0.514. The molecule has 13 heavy (non-hydrogen) atoms. The van der Waals surface area contributed by atoms with E-state index >= 15 is 0 Å². The van der Waals surface area contributed by atoms with E-state index in [-0.39, 0.29) is 0 Å². The zero-order valence-electron chi connectivity index (χ0n) is 7.43. The second kappa shape index (κ2) is 4.27. The first-order valence-electron chi connectivity index (χ1n) is 3.86. The van der Waals surface area contributed by atoms with Gasteiger partial charge >= 0.3 is 0 Å². The van der Waals surface area contributed by atoms with Crippen LogP contribution in [-0.4, -0.2) is 26.0 Å². The third kappa shape index (κ3) is 2.45. The minimum atomic E-state index is -1.06. The molecule has 1 aromatic heterocycles. The van der Waals surface area contributed by atoms with E-state index in [1.54, 1.807) is 18.5 Å². The molecule has 6 heteroatoms. The van der Waals surface area contributed by atoms with E-state index in [1.165, 1.54) is 6.33 Å². The number of rotatable bonds is 4. The molecule has 1 rings (SSSR count). The first-order chi connectivity index (χ1) is 6.15. The van der Waals surface area contributed by atoms with E-state index in [9.17, 15) is 9.90 Å². The van der Waals surface area contributed by atoms with Crippen molar-refractivity contribution in [1.29, 1.82) is 0 Å². The fraction of sp³-hybridized carbons (Fsp3) is 0.571. The molecule has 0 radical (unpaired) electrons. The molecule has 0 aliphatic rings. The Morgan fingerprint density at radius 2 is 2.54 bits per heavy atom. The van der Waals surface area contributed by atoms with Gasteiger partial charge in [-0.3, -0.25) is 0 Å². The number of carbonyl (C=O) groups excluding carboxylic acids is 1. The first kappa shape index (κ1) is 10.0. The third-order valence-electron chi connectivity index (χ3n) is 1.55. The monoisotopic (exact) mass is 200 g/mol. The van der Waals surface area contributed by atoms with Gasteiger partial charge in [-0.1, -0.05) is 18.7 Å². The minimum Gasteiger partial charge on any atom is -0.549 e. The molecular formula is C7H10N3O2S-. The summed E-state index contributed by atoms with van der Waals surface area (Å²) in [5.41, 5.74) is 0. The van der Waals surface area contributed by atoms with Crippen LogP contribution in [0.3, 0.4) is 0 Å². The molecule has 0 N–H and O–H groups in total. The predicted octanol–water partition coefficient (Wildman–Crippen LogP) is -0.564. The van der Waals surface area contributed by atoms with Crippen molar-refractivity contribution in [2.24, 2.45) is 7.05 Å². The van der Waals surface area contributed by atoms with Crippen LogP contribution in [0.15, 0.2) is 11.5 Å². The van der Waals surface area contributed by atoms with E-state index in [2.05, 4.69) is 10.2 Å². The van der Waals surface area contributed by atoms with Crippen LogP contribution in [0.5, 0.6) is 0 Å². The highest BCUT2D eigenvalue weighted by Gasteiger charge is 2.12. The lowest BCUT2D eigenvalue weighted by molar-refractivity contribution is -0.304. The number of hydrogen-bond donors (Lipinski definition) is 0. The number of carboxylic acid groups (broad SMARTS) is 1. The van der Waals surface area contributed by atoms with E-state index in [4.69, 9.17) is 0 Å². The lowest BCUT2D eigenvalue weighted by atomic mass is 10.3. The van der Waals surface area contributed by atoms with Crippen molar-refractivity contribution >= 4 is 17.7 Å². The quantitative estimate of drug-likeness (QED) is 0.609. The lowest BCUT2D eigenvalue weighted by Crippen LogP contribution is -2.33. The smallest absolute Gasteiger partial charge is 0.191 e. The molecule has 0 fully saturated rings.